The molecule has 0 aromatic carbocycles. The summed E-state index contributed by atoms with van der Waals surface area (Å²) in [5, 5.41) is 0. The van der Waals surface area contributed by atoms with Crippen LogP contribution in [0.3, 0.4) is 0 Å². The Bertz CT molecular complexity index is 140. The minimum absolute atomic E-state index is 0.0885. The number of likely N-dealkylation sites (tertiary alicyclic amines) is 1. The zero-order valence-corrected chi connectivity index (χ0v) is 6.27. The fourth-order valence-electron chi connectivity index (χ4n) is 1.17. The normalized spacial score (nSPS) is 25.2. The van der Waals surface area contributed by atoms with Gasteiger partial charge < -0.3 is 4.90 Å². The molecule has 2 nitrogen and oxygen atoms in total. The maximum Gasteiger partial charge on any atom is 0.228 e. The summed E-state index contributed by atoms with van der Waals surface area (Å²) in [6.07, 6.45) is 1.00. The Balaban J connectivity index is 2.74. The molecule has 1 aliphatic heterocycles. The monoisotopic (exact) mass is 127 g/mol. The highest BCUT2D eigenvalue weighted by atomic mass is 16.2. The van der Waals surface area contributed by atoms with Crippen molar-refractivity contribution >= 4 is 5.91 Å². The fourth-order valence-corrected chi connectivity index (χ4v) is 1.17. The van der Waals surface area contributed by atoms with Crippen molar-refractivity contribution in [3.8, 4) is 0 Å². The van der Waals surface area contributed by atoms with Crippen molar-refractivity contribution in [1.29, 1.82) is 0 Å². The summed E-state index contributed by atoms with van der Waals surface area (Å²) in [6.45, 7) is 4.92. The summed E-state index contributed by atoms with van der Waals surface area (Å²) in [5.41, 5.74) is -0.0885. The van der Waals surface area contributed by atoms with Gasteiger partial charge in [-0.25, -0.2) is 0 Å². The Hall–Kier alpha value is -0.530. The van der Waals surface area contributed by atoms with E-state index in [1.165, 1.54) is 0 Å². The molecule has 1 amide bonds. The van der Waals surface area contributed by atoms with Gasteiger partial charge in [0.1, 0.15) is 0 Å². The Morgan fingerprint density at radius 3 is 2.22 bits per heavy atom. The number of nitrogens with zero attached hydrogens (tertiary/aromatic N) is 1. The molecule has 1 heterocycles. The van der Waals surface area contributed by atoms with Crippen molar-refractivity contribution < 1.29 is 4.79 Å². The topological polar surface area (TPSA) is 20.3 Å². The second-order valence-electron chi connectivity index (χ2n) is 3.36. The lowest BCUT2D eigenvalue weighted by atomic mass is 9.92. The third-order valence-electron chi connectivity index (χ3n) is 2.00. The van der Waals surface area contributed by atoms with Gasteiger partial charge in [-0.2, -0.15) is 0 Å². The van der Waals surface area contributed by atoms with Crippen molar-refractivity contribution in [3.05, 3.63) is 0 Å². The molecule has 52 valence electrons. The van der Waals surface area contributed by atoms with Gasteiger partial charge in [0, 0.05) is 19.0 Å². The number of hydrogen-bond donors (Lipinski definition) is 0. The van der Waals surface area contributed by atoms with Crippen LogP contribution in [-0.4, -0.2) is 24.4 Å². The lowest BCUT2D eigenvalue weighted by molar-refractivity contribution is -0.133. The summed E-state index contributed by atoms with van der Waals surface area (Å²) >= 11 is 0. The van der Waals surface area contributed by atoms with Crippen molar-refractivity contribution in [1.82, 2.24) is 4.90 Å². The first kappa shape index (κ1) is 6.59. The van der Waals surface area contributed by atoms with Crippen LogP contribution in [0.15, 0.2) is 0 Å². The van der Waals surface area contributed by atoms with E-state index in [9.17, 15) is 4.79 Å². The van der Waals surface area contributed by atoms with E-state index in [1.807, 2.05) is 20.9 Å². The molecule has 2 heteroatoms. The molecule has 0 aromatic heterocycles. The average molecular weight is 127 g/mol. The fraction of sp³-hybridized carbons (Fsp3) is 0.857. The number of rotatable bonds is 0. The highest BCUT2D eigenvalue weighted by molar-refractivity contribution is 5.83. The molecule has 0 unspecified atom stereocenters. The SMILES string of the molecule is CN1CCC(C)(C)C1=O. The molecule has 0 atom stereocenters. The summed E-state index contributed by atoms with van der Waals surface area (Å²) in [7, 11) is 1.86. The van der Waals surface area contributed by atoms with E-state index in [2.05, 4.69) is 0 Å². The maximum atomic E-state index is 11.2. The van der Waals surface area contributed by atoms with Gasteiger partial charge in [-0.1, -0.05) is 13.8 Å². The molecule has 0 saturated carbocycles. The van der Waals surface area contributed by atoms with Crippen LogP contribution in [0.1, 0.15) is 20.3 Å². The van der Waals surface area contributed by atoms with Crippen molar-refractivity contribution in [2.75, 3.05) is 13.6 Å². The summed E-state index contributed by atoms with van der Waals surface area (Å²) in [6, 6.07) is 0. The highest BCUT2D eigenvalue weighted by Crippen LogP contribution is 2.28. The minimum Gasteiger partial charge on any atom is -0.345 e. The zero-order chi connectivity index (χ0) is 7.07. The highest BCUT2D eigenvalue weighted by Gasteiger charge is 2.36. The van der Waals surface area contributed by atoms with E-state index in [-0.39, 0.29) is 11.3 Å². The molecule has 0 radical (unpaired) electrons. The molecule has 0 spiro atoms. The van der Waals surface area contributed by atoms with E-state index in [0.29, 0.717) is 0 Å². The molecule has 1 aliphatic rings. The van der Waals surface area contributed by atoms with Gasteiger partial charge >= 0.3 is 0 Å². The largest absolute Gasteiger partial charge is 0.345 e. The van der Waals surface area contributed by atoms with Gasteiger partial charge in [0.15, 0.2) is 0 Å². The number of carbonyl (C=O) groups excluding carboxylic acids is 1. The summed E-state index contributed by atoms with van der Waals surface area (Å²) in [4.78, 5) is 12.9. The Labute approximate surface area is 55.8 Å². The van der Waals surface area contributed by atoms with E-state index >= 15 is 0 Å². The molecule has 0 aromatic rings. The molecular formula is C7H13NO. The molecule has 1 fully saturated rings. The first-order chi connectivity index (χ1) is 4.04. The van der Waals surface area contributed by atoms with Gasteiger partial charge in [0.25, 0.3) is 0 Å². The van der Waals surface area contributed by atoms with Crippen molar-refractivity contribution in [3.63, 3.8) is 0 Å². The van der Waals surface area contributed by atoms with E-state index < -0.39 is 0 Å². The quantitative estimate of drug-likeness (QED) is 0.473. The summed E-state index contributed by atoms with van der Waals surface area (Å²) in [5.74, 6) is 0.280. The first-order valence-electron chi connectivity index (χ1n) is 3.29. The molecule has 0 aliphatic carbocycles. The third kappa shape index (κ3) is 0.934. The van der Waals surface area contributed by atoms with Crippen molar-refractivity contribution in [2.24, 2.45) is 5.41 Å². The standard InChI is InChI=1S/C7H13NO/c1-7(2)4-5-8(3)6(7)9/h4-5H2,1-3H3. The molecule has 1 saturated heterocycles. The Morgan fingerprint density at radius 1 is 1.56 bits per heavy atom. The number of carbonyl (C=O) groups is 1. The smallest absolute Gasteiger partial charge is 0.228 e. The van der Waals surface area contributed by atoms with Crippen LogP contribution in [0.4, 0.5) is 0 Å². The predicted molar refractivity (Wildman–Crippen MR) is 36.0 cm³/mol. The Morgan fingerprint density at radius 2 is 2.11 bits per heavy atom. The van der Waals surface area contributed by atoms with E-state index in [4.69, 9.17) is 0 Å². The van der Waals surface area contributed by atoms with Gasteiger partial charge in [-0.05, 0) is 6.42 Å². The van der Waals surface area contributed by atoms with Gasteiger partial charge in [-0.15, -0.1) is 0 Å². The zero-order valence-electron chi connectivity index (χ0n) is 6.27. The predicted octanol–water partition coefficient (Wildman–Crippen LogP) is 0.875. The van der Waals surface area contributed by atoms with Crippen LogP contribution in [0.5, 0.6) is 0 Å². The minimum atomic E-state index is -0.0885. The number of hydrogen-bond acceptors (Lipinski definition) is 1. The lowest BCUT2D eigenvalue weighted by Gasteiger charge is -2.14. The molecule has 0 bridgehead atoms. The third-order valence-corrected chi connectivity index (χ3v) is 2.00. The van der Waals surface area contributed by atoms with E-state index in [0.717, 1.165) is 13.0 Å². The average Bonchev–Trinajstić information content (AvgIpc) is 1.97. The molecular weight excluding hydrogens is 114 g/mol. The van der Waals surface area contributed by atoms with Crippen LogP contribution in [0, 0.1) is 5.41 Å². The van der Waals surface area contributed by atoms with Gasteiger partial charge in [0.2, 0.25) is 5.91 Å². The van der Waals surface area contributed by atoms with Gasteiger partial charge in [0.05, 0.1) is 0 Å². The van der Waals surface area contributed by atoms with E-state index in [1.54, 1.807) is 4.90 Å². The van der Waals surface area contributed by atoms with Crippen LogP contribution < -0.4 is 0 Å². The molecule has 9 heavy (non-hydrogen) atoms. The summed E-state index contributed by atoms with van der Waals surface area (Å²) < 4.78 is 0. The van der Waals surface area contributed by atoms with Crippen LogP contribution in [-0.2, 0) is 4.79 Å². The maximum absolute atomic E-state index is 11.2. The first-order valence-corrected chi connectivity index (χ1v) is 3.29. The van der Waals surface area contributed by atoms with Gasteiger partial charge in [-0.3, -0.25) is 4.79 Å². The van der Waals surface area contributed by atoms with Crippen LogP contribution in [0.2, 0.25) is 0 Å². The second-order valence-corrected chi connectivity index (χ2v) is 3.36. The molecule has 1 rings (SSSR count). The molecule has 0 N–H and O–H groups in total. The van der Waals surface area contributed by atoms with Crippen LogP contribution >= 0.6 is 0 Å². The Kier molecular flexibility index (Phi) is 1.26. The van der Waals surface area contributed by atoms with Crippen molar-refractivity contribution in [2.45, 2.75) is 20.3 Å². The second kappa shape index (κ2) is 1.72. The van der Waals surface area contributed by atoms with Crippen LogP contribution in [0.25, 0.3) is 0 Å². The lowest BCUT2D eigenvalue weighted by Crippen LogP contribution is -2.27. The number of amides is 1.